The van der Waals surface area contributed by atoms with Gasteiger partial charge in [-0.05, 0) is 53.8 Å². The summed E-state index contributed by atoms with van der Waals surface area (Å²) in [5.41, 5.74) is 2.72. The summed E-state index contributed by atoms with van der Waals surface area (Å²) < 4.78 is 12.8. The van der Waals surface area contributed by atoms with E-state index in [0.29, 0.717) is 12.1 Å². The molecular weight excluding hydrogens is 267 g/mol. The summed E-state index contributed by atoms with van der Waals surface area (Å²) in [7, 11) is 0. The highest BCUT2D eigenvalue weighted by molar-refractivity contribution is 5.94. The van der Waals surface area contributed by atoms with Crippen molar-refractivity contribution in [2.24, 2.45) is 0 Å². The van der Waals surface area contributed by atoms with Crippen molar-refractivity contribution in [2.75, 3.05) is 6.54 Å². The number of H-pyrrole nitrogens is 1. The van der Waals surface area contributed by atoms with Gasteiger partial charge in [-0.25, -0.2) is 4.39 Å². The minimum atomic E-state index is -0.342. The van der Waals surface area contributed by atoms with E-state index in [1.54, 1.807) is 0 Å². The predicted octanol–water partition coefficient (Wildman–Crippen LogP) is 3.28. The first kappa shape index (κ1) is 13.4. The second-order valence-electron chi connectivity index (χ2n) is 4.91. The molecule has 1 amide bonds. The fraction of sp³-hybridized carbons (Fsp3) is 0.118. The fourth-order valence-electron chi connectivity index (χ4n) is 2.27. The molecule has 0 atom stereocenters. The molecule has 0 saturated carbocycles. The van der Waals surface area contributed by atoms with Gasteiger partial charge in [0.2, 0.25) is 0 Å². The smallest absolute Gasteiger partial charge is 0.251 e. The van der Waals surface area contributed by atoms with E-state index in [4.69, 9.17) is 0 Å². The number of hydrogen-bond donors (Lipinski definition) is 2. The third-order valence-corrected chi connectivity index (χ3v) is 3.43. The van der Waals surface area contributed by atoms with Crippen LogP contribution >= 0.6 is 0 Å². The van der Waals surface area contributed by atoms with E-state index < -0.39 is 0 Å². The van der Waals surface area contributed by atoms with Crippen LogP contribution in [0.5, 0.6) is 0 Å². The second kappa shape index (κ2) is 5.79. The van der Waals surface area contributed by atoms with Gasteiger partial charge in [-0.2, -0.15) is 0 Å². The van der Waals surface area contributed by atoms with Gasteiger partial charge in [0.05, 0.1) is 0 Å². The third kappa shape index (κ3) is 3.11. The lowest BCUT2D eigenvalue weighted by Gasteiger charge is -2.06. The van der Waals surface area contributed by atoms with E-state index in [1.807, 2.05) is 12.3 Å². The van der Waals surface area contributed by atoms with Crippen LogP contribution in [0.25, 0.3) is 10.9 Å². The zero-order chi connectivity index (χ0) is 14.7. The molecule has 3 rings (SSSR count). The maximum Gasteiger partial charge on any atom is 0.251 e. The highest BCUT2D eigenvalue weighted by Crippen LogP contribution is 2.14. The zero-order valence-corrected chi connectivity index (χ0v) is 11.4. The van der Waals surface area contributed by atoms with Crippen LogP contribution in [0, 0.1) is 5.82 Å². The number of rotatable bonds is 4. The third-order valence-electron chi connectivity index (χ3n) is 3.43. The maximum absolute atomic E-state index is 12.8. The number of carbonyl (C=O) groups excluding carboxylic acids is 1. The molecule has 0 aliphatic carbocycles. The van der Waals surface area contributed by atoms with E-state index in [9.17, 15) is 9.18 Å². The Morgan fingerprint density at radius 3 is 2.71 bits per heavy atom. The molecule has 0 fully saturated rings. The Balaban J connectivity index is 1.57. The fourth-order valence-corrected chi connectivity index (χ4v) is 2.27. The van der Waals surface area contributed by atoms with Crippen LogP contribution in [0.1, 0.15) is 15.9 Å². The molecule has 0 spiro atoms. The van der Waals surface area contributed by atoms with Crippen LogP contribution in [0.2, 0.25) is 0 Å². The van der Waals surface area contributed by atoms with E-state index in [1.165, 1.54) is 29.7 Å². The largest absolute Gasteiger partial charge is 0.361 e. The predicted molar refractivity (Wildman–Crippen MR) is 80.7 cm³/mol. The van der Waals surface area contributed by atoms with Crippen molar-refractivity contribution in [2.45, 2.75) is 6.42 Å². The second-order valence-corrected chi connectivity index (χ2v) is 4.91. The molecular formula is C17H15FN2O. The number of halogens is 1. The van der Waals surface area contributed by atoms with Crippen molar-refractivity contribution in [1.29, 1.82) is 0 Å². The first-order chi connectivity index (χ1) is 10.2. The van der Waals surface area contributed by atoms with Gasteiger partial charge in [-0.1, -0.05) is 12.1 Å². The van der Waals surface area contributed by atoms with Gasteiger partial charge in [0.25, 0.3) is 5.91 Å². The van der Waals surface area contributed by atoms with Gasteiger partial charge < -0.3 is 10.3 Å². The Bertz CT molecular complexity index is 762. The van der Waals surface area contributed by atoms with Crippen LogP contribution < -0.4 is 5.32 Å². The van der Waals surface area contributed by atoms with Crippen LogP contribution in [0.3, 0.4) is 0 Å². The molecule has 106 valence electrons. The molecule has 0 bridgehead atoms. The molecule has 0 aliphatic rings. The lowest BCUT2D eigenvalue weighted by atomic mass is 10.1. The average molecular weight is 282 g/mol. The van der Waals surface area contributed by atoms with E-state index in [-0.39, 0.29) is 11.7 Å². The Morgan fingerprint density at radius 1 is 1.10 bits per heavy atom. The SMILES string of the molecule is O=C(NCCc1ccc2cc[nH]c2c1)c1ccc(F)cc1. The summed E-state index contributed by atoms with van der Waals surface area (Å²) in [6.07, 6.45) is 2.66. The topological polar surface area (TPSA) is 44.9 Å². The maximum atomic E-state index is 12.8. The Labute approximate surface area is 121 Å². The zero-order valence-electron chi connectivity index (χ0n) is 11.4. The molecule has 0 radical (unpaired) electrons. The minimum Gasteiger partial charge on any atom is -0.361 e. The monoisotopic (exact) mass is 282 g/mol. The highest BCUT2D eigenvalue weighted by Gasteiger charge is 2.05. The lowest BCUT2D eigenvalue weighted by molar-refractivity contribution is 0.0954. The summed E-state index contributed by atoms with van der Waals surface area (Å²) in [5, 5.41) is 4.01. The number of aromatic nitrogens is 1. The van der Waals surface area contributed by atoms with Crippen LogP contribution in [0.4, 0.5) is 4.39 Å². The van der Waals surface area contributed by atoms with E-state index in [2.05, 4.69) is 28.5 Å². The Hall–Kier alpha value is -2.62. The lowest BCUT2D eigenvalue weighted by Crippen LogP contribution is -2.25. The van der Waals surface area contributed by atoms with Gasteiger partial charge >= 0.3 is 0 Å². The first-order valence-corrected chi connectivity index (χ1v) is 6.82. The van der Waals surface area contributed by atoms with Crippen LogP contribution in [0.15, 0.2) is 54.7 Å². The van der Waals surface area contributed by atoms with Gasteiger partial charge in [0.15, 0.2) is 0 Å². The van der Waals surface area contributed by atoms with Crippen molar-refractivity contribution >= 4 is 16.8 Å². The van der Waals surface area contributed by atoms with E-state index >= 15 is 0 Å². The van der Waals surface area contributed by atoms with Crippen molar-refractivity contribution in [3.8, 4) is 0 Å². The average Bonchev–Trinajstić information content (AvgIpc) is 2.95. The molecule has 1 heterocycles. The summed E-state index contributed by atoms with van der Waals surface area (Å²) in [6, 6.07) is 13.8. The molecule has 2 aromatic carbocycles. The van der Waals surface area contributed by atoms with Gasteiger partial charge in [-0.3, -0.25) is 4.79 Å². The molecule has 21 heavy (non-hydrogen) atoms. The van der Waals surface area contributed by atoms with E-state index in [0.717, 1.165) is 17.5 Å². The first-order valence-electron chi connectivity index (χ1n) is 6.82. The molecule has 3 nitrogen and oxygen atoms in total. The minimum absolute atomic E-state index is 0.184. The molecule has 4 heteroatoms. The molecule has 0 saturated heterocycles. The summed E-state index contributed by atoms with van der Waals surface area (Å²) in [4.78, 5) is 15.0. The number of hydrogen-bond acceptors (Lipinski definition) is 1. The Morgan fingerprint density at radius 2 is 1.90 bits per heavy atom. The highest BCUT2D eigenvalue weighted by atomic mass is 19.1. The number of nitrogens with one attached hydrogen (secondary N) is 2. The summed E-state index contributed by atoms with van der Waals surface area (Å²) >= 11 is 0. The number of carbonyl (C=O) groups is 1. The molecule has 0 unspecified atom stereocenters. The quantitative estimate of drug-likeness (QED) is 0.758. The summed E-state index contributed by atoms with van der Waals surface area (Å²) in [5.74, 6) is -0.526. The Kier molecular flexibility index (Phi) is 3.69. The number of aromatic amines is 1. The van der Waals surface area contributed by atoms with Crippen LogP contribution in [-0.4, -0.2) is 17.4 Å². The molecule has 3 aromatic rings. The number of amides is 1. The number of fused-ring (bicyclic) bond motifs is 1. The number of benzene rings is 2. The van der Waals surface area contributed by atoms with Gasteiger partial charge in [-0.15, -0.1) is 0 Å². The van der Waals surface area contributed by atoms with Crippen molar-refractivity contribution in [1.82, 2.24) is 10.3 Å². The molecule has 1 aromatic heterocycles. The van der Waals surface area contributed by atoms with Crippen LogP contribution in [-0.2, 0) is 6.42 Å². The van der Waals surface area contributed by atoms with Crippen molar-refractivity contribution < 1.29 is 9.18 Å². The van der Waals surface area contributed by atoms with Crippen molar-refractivity contribution in [3.05, 3.63) is 71.7 Å². The molecule has 2 N–H and O–H groups in total. The van der Waals surface area contributed by atoms with Gasteiger partial charge in [0.1, 0.15) is 5.82 Å². The van der Waals surface area contributed by atoms with Crippen molar-refractivity contribution in [3.63, 3.8) is 0 Å². The van der Waals surface area contributed by atoms with Gasteiger partial charge in [0, 0.05) is 23.8 Å². The normalized spacial score (nSPS) is 10.7. The standard InChI is InChI=1S/C17H15FN2O/c18-15-5-3-14(4-6-15)17(21)20-9-7-12-1-2-13-8-10-19-16(13)11-12/h1-6,8,10-11,19H,7,9H2,(H,20,21). The molecule has 0 aliphatic heterocycles. The summed E-state index contributed by atoms with van der Waals surface area (Å²) in [6.45, 7) is 0.544.